The predicted molar refractivity (Wildman–Crippen MR) is 110 cm³/mol. The summed E-state index contributed by atoms with van der Waals surface area (Å²) in [6.07, 6.45) is 2.84. The Kier molecular flexibility index (Phi) is 6.98. The molecule has 0 bridgehead atoms. The Labute approximate surface area is 173 Å². The number of benzene rings is 1. The number of carbonyl (C=O) groups is 1. The van der Waals surface area contributed by atoms with Crippen molar-refractivity contribution in [1.29, 1.82) is 0 Å². The van der Waals surface area contributed by atoms with Crippen LogP contribution >= 0.6 is 12.4 Å². The number of amides is 1. The molecule has 0 radical (unpaired) electrons. The minimum absolute atomic E-state index is 0. The monoisotopic (exact) mass is 428 g/mol. The molecule has 3 aliphatic heterocycles. The summed E-state index contributed by atoms with van der Waals surface area (Å²) in [4.78, 5) is 17.5. The highest BCUT2D eigenvalue weighted by Gasteiger charge is 2.32. The van der Waals surface area contributed by atoms with Crippen LogP contribution in [0.3, 0.4) is 0 Å². The summed E-state index contributed by atoms with van der Waals surface area (Å²) >= 11 is 0. The maximum Gasteiger partial charge on any atom is 0.253 e. The molecule has 1 amide bonds. The number of hydrogen-bond acceptors (Lipinski definition) is 5. The van der Waals surface area contributed by atoms with Gasteiger partial charge in [-0.05, 0) is 43.5 Å². The third-order valence-electron chi connectivity index (χ3n) is 5.92. The number of piperazine rings is 1. The lowest BCUT2D eigenvalue weighted by Gasteiger charge is -2.32. The lowest BCUT2D eigenvalue weighted by atomic mass is 10.2. The largest absolute Gasteiger partial charge is 0.337 e. The van der Waals surface area contributed by atoms with Gasteiger partial charge in [0.15, 0.2) is 0 Å². The van der Waals surface area contributed by atoms with Crippen LogP contribution in [0, 0.1) is 0 Å². The van der Waals surface area contributed by atoms with E-state index in [4.69, 9.17) is 0 Å². The summed E-state index contributed by atoms with van der Waals surface area (Å²) < 4.78 is 26.7. The summed E-state index contributed by atoms with van der Waals surface area (Å²) in [5, 5.41) is 3.36. The number of sulfonamides is 1. The molecule has 3 saturated heterocycles. The van der Waals surface area contributed by atoms with Crippen LogP contribution < -0.4 is 5.32 Å². The number of carbonyl (C=O) groups excluding carboxylic acids is 1. The van der Waals surface area contributed by atoms with Crippen LogP contribution in [0.2, 0.25) is 0 Å². The number of nitrogens with zero attached hydrogens (tertiary/aromatic N) is 3. The van der Waals surface area contributed by atoms with Gasteiger partial charge in [0.05, 0.1) is 4.90 Å². The molecule has 3 aliphatic rings. The zero-order chi connectivity index (χ0) is 18.9. The minimum atomic E-state index is -3.43. The maximum absolute atomic E-state index is 12.8. The molecular formula is C19H29ClN4O3S. The van der Waals surface area contributed by atoms with Crippen LogP contribution in [0.4, 0.5) is 0 Å². The van der Waals surface area contributed by atoms with Gasteiger partial charge in [-0.3, -0.25) is 9.69 Å². The van der Waals surface area contributed by atoms with Gasteiger partial charge in [-0.25, -0.2) is 8.42 Å². The Balaban J connectivity index is 0.00000225. The standard InChI is InChI=1S/C19H28N4O3S.ClH/c24-19(22-12-7-17(15-22)21-13-8-20-9-14-21)16-3-5-18(6-4-16)27(25,26)23-10-1-2-11-23;/h3-6,17,20H,1-2,7-15H2;1H. The molecule has 156 valence electrons. The third kappa shape index (κ3) is 4.36. The third-order valence-corrected chi connectivity index (χ3v) is 7.84. The highest BCUT2D eigenvalue weighted by molar-refractivity contribution is 7.89. The number of halogens is 1. The molecule has 1 N–H and O–H groups in total. The van der Waals surface area contributed by atoms with Gasteiger partial charge < -0.3 is 10.2 Å². The van der Waals surface area contributed by atoms with E-state index in [1.54, 1.807) is 24.3 Å². The van der Waals surface area contributed by atoms with Crippen molar-refractivity contribution in [2.75, 3.05) is 52.4 Å². The molecule has 1 aromatic rings. The van der Waals surface area contributed by atoms with Crippen molar-refractivity contribution in [1.82, 2.24) is 19.4 Å². The van der Waals surface area contributed by atoms with E-state index in [2.05, 4.69) is 10.2 Å². The molecule has 0 spiro atoms. The zero-order valence-corrected chi connectivity index (χ0v) is 17.7. The van der Waals surface area contributed by atoms with Gasteiger partial charge in [0.1, 0.15) is 0 Å². The Morgan fingerprint density at radius 2 is 1.61 bits per heavy atom. The molecule has 1 aromatic carbocycles. The molecule has 4 rings (SSSR count). The second-order valence-corrected chi connectivity index (χ2v) is 9.55. The van der Waals surface area contributed by atoms with Crippen LogP contribution in [0.5, 0.6) is 0 Å². The SMILES string of the molecule is Cl.O=C(c1ccc(S(=O)(=O)N2CCCC2)cc1)N1CCC(N2CCNCC2)C1. The molecule has 0 aromatic heterocycles. The van der Waals surface area contributed by atoms with E-state index < -0.39 is 10.0 Å². The van der Waals surface area contributed by atoms with E-state index in [1.165, 1.54) is 4.31 Å². The van der Waals surface area contributed by atoms with Crippen molar-refractivity contribution in [3.8, 4) is 0 Å². The molecule has 28 heavy (non-hydrogen) atoms. The maximum atomic E-state index is 12.8. The van der Waals surface area contributed by atoms with Crippen molar-refractivity contribution in [3.05, 3.63) is 29.8 Å². The molecule has 1 atom stereocenters. The molecule has 9 heteroatoms. The first-order valence-corrected chi connectivity index (χ1v) is 11.3. The normalized spacial score (nSPS) is 24.3. The second-order valence-electron chi connectivity index (χ2n) is 7.62. The Morgan fingerprint density at radius 1 is 0.964 bits per heavy atom. The van der Waals surface area contributed by atoms with E-state index in [-0.39, 0.29) is 23.2 Å². The fourth-order valence-corrected chi connectivity index (χ4v) is 5.82. The van der Waals surface area contributed by atoms with Gasteiger partial charge in [-0.1, -0.05) is 0 Å². The average Bonchev–Trinajstić information content (AvgIpc) is 3.41. The average molecular weight is 429 g/mol. The van der Waals surface area contributed by atoms with Crippen LogP contribution in [-0.2, 0) is 10.0 Å². The quantitative estimate of drug-likeness (QED) is 0.774. The molecule has 1 unspecified atom stereocenters. The van der Waals surface area contributed by atoms with E-state index >= 15 is 0 Å². The molecule has 0 aliphatic carbocycles. The van der Waals surface area contributed by atoms with E-state index in [9.17, 15) is 13.2 Å². The highest BCUT2D eigenvalue weighted by Crippen LogP contribution is 2.23. The van der Waals surface area contributed by atoms with Gasteiger partial charge in [-0.2, -0.15) is 4.31 Å². The Bertz CT molecular complexity index is 775. The Morgan fingerprint density at radius 3 is 2.25 bits per heavy atom. The lowest BCUT2D eigenvalue weighted by molar-refractivity contribution is 0.0773. The number of rotatable bonds is 4. The predicted octanol–water partition coefficient (Wildman–Crippen LogP) is 1.01. The number of nitrogens with one attached hydrogen (secondary N) is 1. The molecule has 3 heterocycles. The van der Waals surface area contributed by atoms with Crippen LogP contribution in [-0.4, -0.2) is 86.8 Å². The van der Waals surface area contributed by atoms with Gasteiger partial charge in [-0.15, -0.1) is 12.4 Å². The zero-order valence-electron chi connectivity index (χ0n) is 16.0. The fourth-order valence-electron chi connectivity index (χ4n) is 4.30. The van der Waals surface area contributed by atoms with Crippen molar-refractivity contribution in [2.24, 2.45) is 0 Å². The first-order valence-electron chi connectivity index (χ1n) is 9.90. The van der Waals surface area contributed by atoms with E-state index in [0.29, 0.717) is 24.7 Å². The summed E-state index contributed by atoms with van der Waals surface area (Å²) in [5.74, 6) is -0.00208. The molecule has 3 fully saturated rings. The second kappa shape index (κ2) is 9.09. The molecule has 0 saturated carbocycles. The molecule has 7 nitrogen and oxygen atoms in total. The van der Waals surface area contributed by atoms with E-state index in [1.807, 2.05) is 4.90 Å². The Hall–Kier alpha value is -1.19. The van der Waals surface area contributed by atoms with Gasteiger partial charge in [0, 0.05) is 64.0 Å². The smallest absolute Gasteiger partial charge is 0.253 e. The fraction of sp³-hybridized carbons (Fsp3) is 0.632. The minimum Gasteiger partial charge on any atom is -0.337 e. The first-order chi connectivity index (χ1) is 13.1. The summed E-state index contributed by atoms with van der Waals surface area (Å²) in [5.41, 5.74) is 0.566. The van der Waals surface area contributed by atoms with Crippen molar-refractivity contribution < 1.29 is 13.2 Å². The van der Waals surface area contributed by atoms with E-state index in [0.717, 1.165) is 58.5 Å². The van der Waals surface area contributed by atoms with Gasteiger partial charge in [0.25, 0.3) is 5.91 Å². The van der Waals surface area contributed by atoms with Crippen molar-refractivity contribution in [3.63, 3.8) is 0 Å². The summed E-state index contributed by atoms with van der Waals surface area (Å²) in [6.45, 7) is 6.79. The number of likely N-dealkylation sites (tertiary alicyclic amines) is 1. The van der Waals surface area contributed by atoms with Gasteiger partial charge in [0.2, 0.25) is 10.0 Å². The highest BCUT2D eigenvalue weighted by atomic mass is 35.5. The topological polar surface area (TPSA) is 73.0 Å². The first kappa shape index (κ1) is 21.5. The van der Waals surface area contributed by atoms with Crippen molar-refractivity contribution >= 4 is 28.3 Å². The lowest BCUT2D eigenvalue weighted by Crippen LogP contribution is -2.49. The van der Waals surface area contributed by atoms with Crippen LogP contribution in [0.15, 0.2) is 29.2 Å². The molecular weight excluding hydrogens is 400 g/mol. The number of hydrogen-bond donors (Lipinski definition) is 1. The van der Waals surface area contributed by atoms with Crippen molar-refractivity contribution in [2.45, 2.75) is 30.2 Å². The van der Waals surface area contributed by atoms with Gasteiger partial charge >= 0.3 is 0 Å². The summed E-state index contributed by atoms with van der Waals surface area (Å²) in [7, 11) is -3.43. The van der Waals surface area contributed by atoms with Crippen LogP contribution in [0.1, 0.15) is 29.6 Å². The van der Waals surface area contributed by atoms with Crippen LogP contribution in [0.25, 0.3) is 0 Å². The summed E-state index contributed by atoms with van der Waals surface area (Å²) in [6, 6.07) is 6.90.